The molecular formula is C43H46ClN7O7S2. The van der Waals surface area contributed by atoms with Crippen LogP contribution in [0.1, 0.15) is 22.3 Å². The Morgan fingerprint density at radius 1 is 0.917 bits per heavy atom. The van der Waals surface area contributed by atoms with Crippen LogP contribution in [0.5, 0.6) is 0 Å². The van der Waals surface area contributed by atoms with E-state index in [0.29, 0.717) is 23.7 Å². The lowest BCUT2D eigenvalue weighted by molar-refractivity contribution is -0.384. The largest absolute Gasteiger partial charge is 0.376 e. The van der Waals surface area contributed by atoms with E-state index < -0.39 is 37.3 Å². The molecule has 1 aliphatic rings. The summed E-state index contributed by atoms with van der Waals surface area (Å²) >= 11 is 7.65. The number of rotatable bonds is 18. The number of nitrogens with zero attached hydrogens (tertiary/aromatic N) is 4. The molecule has 0 spiro atoms. The Kier molecular flexibility index (Phi) is 15.2. The van der Waals surface area contributed by atoms with Crippen molar-refractivity contribution in [1.82, 2.24) is 20.0 Å². The Balaban J connectivity index is 1.06. The normalized spacial score (nSPS) is 13.8. The van der Waals surface area contributed by atoms with Crippen LogP contribution in [0.2, 0.25) is 5.02 Å². The molecule has 1 atom stereocenters. The maximum Gasteiger partial charge on any atom is 0.293 e. The Morgan fingerprint density at radius 2 is 1.60 bits per heavy atom. The summed E-state index contributed by atoms with van der Waals surface area (Å²) in [6.45, 7) is 4.33. The molecule has 60 heavy (non-hydrogen) atoms. The fourth-order valence-corrected chi connectivity index (χ4v) is 8.97. The number of nitro groups is 1. The van der Waals surface area contributed by atoms with Crippen molar-refractivity contribution in [2.75, 3.05) is 62.3 Å². The molecule has 0 radical (unpaired) electrons. The lowest BCUT2D eigenvalue weighted by Gasteiger charge is -2.36. The van der Waals surface area contributed by atoms with Crippen molar-refractivity contribution in [3.8, 4) is 11.1 Å². The molecule has 0 saturated carbocycles. The standard InChI is InChI=1S/C43H46ClN7O7S2/c1-48(29-42(52)46-54)22-21-35(30-59-37-8-3-2-4-9-37)45-40-20-19-38(27-41(40)51(55)56)60(57,58)47-43(53)32-13-17-36(18-14-32)50-25-23-49(24-26-50)28-33-7-5-6-10-39(33)31-11-15-34(44)16-12-31/h2-20,27,35,45,54H,21-26,28-30H2,1H3,(H,46,52)(H,47,53)/t35-/m1/s1. The van der Waals surface area contributed by atoms with Crippen molar-refractivity contribution in [1.29, 1.82) is 0 Å². The van der Waals surface area contributed by atoms with Crippen molar-refractivity contribution >= 4 is 62.3 Å². The molecule has 5 aromatic rings. The van der Waals surface area contributed by atoms with Gasteiger partial charge in [-0.25, -0.2) is 18.6 Å². The van der Waals surface area contributed by atoms with E-state index >= 15 is 0 Å². The van der Waals surface area contributed by atoms with Crippen LogP contribution in [0.3, 0.4) is 0 Å². The molecule has 314 valence electrons. The van der Waals surface area contributed by atoms with Crippen LogP contribution in [0.25, 0.3) is 11.1 Å². The molecule has 0 bridgehead atoms. The molecule has 0 aromatic heterocycles. The molecule has 1 fully saturated rings. The van der Waals surface area contributed by atoms with Crippen LogP contribution in [0.4, 0.5) is 17.1 Å². The van der Waals surface area contributed by atoms with E-state index in [1.807, 2.05) is 66.7 Å². The van der Waals surface area contributed by atoms with Gasteiger partial charge in [0.25, 0.3) is 27.5 Å². The van der Waals surface area contributed by atoms with E-state index in [1.165, 1.54) is 35.0 Å². The van der Waals surface area contributed by atoms with Gasteiger partial charge in [-0.2, -0.15) is 0 Å². The van der Waals surface area contributed by atoms with Crippen LogP contribution in [0, 0.1) is 10.1 Å². The second-order valence-electron chi connectivity index (χ2n) is 14.4. The average Bonchev–Trinajstić information content (AvgIpc) is 3.25. The zero-order chi connectivity index (χ0) is 42.6. The SMILES string of the molecule is CN(CC[C@H](CSc1ccccc1)Nc1ccc(S(=O)(=O)NC(=O)c2ccc(N3CCN(Cc4ccccc4-c4ccc(Cl)cc4)CC3)cc2)cc1[N+](=O)[O-])CC(=O)NO. The van der Waals surface area contributed by atoms with Gasteiger partial charge in [-0.05, 0) is 90.8 Å². The topological polar surface area (TPSA) is 177 Å². The highest BCUT2D eigenvalue weighted by atomic mass is 35.5. The number of carbonyl (C=O) groups excluding carboxylic acids is 2. The van der Waals surface area contributed by atoms with Crippen LogP contribution in [-0.4, -0.2) is 98.3 Å². The molecule has 14 nitrogen and oxygen atoms in total. The summed E-state index contributed by atoms with van der Waals surface area (Å²) in [5, 5.41) is 25.0. The molecule has 1 saturated heterocycles. The number of likely N-dealkylation sites (N-methyl/N-ethyl adjacent to an activating group) is 1. The number of amides is 2. The third-order valence-electron chi connectivity index (χ3n) is 10.1. The van der Waals surface area contributed by atoms with Gasteiger partial charge < -0.3 is 10.2 Å². The van der Waals surface area contributed by atoms with E-state index in [2.05, 4.69) is 32.0 Å². The monoisotopic (exact) mass is 871 g/mol. The van der Waals surface area contributed by atoms with Gasteiger partial charge in [0.2, 0.25) is 0 Å². The number of nitro benzene ring substituents is 1. The first-order valence-corrected chi connectivity index (χ1v) is 22.1. The first-order chi connectivity index (χ1) is 28.9. The second-order valence-corrected chi connectivity index (χ2v) is 17.6. The number of benzene rings is 5. The van der Waals surface area contributed by atoms with E-state index in [4.69, 9.17) is 16.8 Å². The fraction of sp³-hybridized carbons (Fsp3) is 0.256. The molecule has 4 N–H and O–H groups in total. The van der Waals surface area contributed by atoms with Gasteiger partial charge in [0, 0.05) is 78.3 Å². The summed E-state index contributed by atoms with van der Waals surface area (Å²) in [5.74, 6) is -0.952. The number of sulfonamides is 1. The minimum Gasteiger partial charge on any atom is -0.376 e. The number of hydrogen-bond donors (Lipinski definition) is 4. The van der Waals surface area contributed by atoms with Crippen molar-refractivity contribution in [3.05, 3.63) is 148 Å². The van der Waals surface area contributed by atoms with Gasteiger partial charge in [0.1, 0.15) is 5.69 Å². The molecule has 0 aliphatic carbocycles. The quantitative estimate of drug-likeness (QED) is 0.0316. The minimum atomic E-state index is -4.50. The first kappa shape index (κ1) is 44.1. The van der Waals surface area contributed by atoms with Gasteiger partial charge in [0.15, 0.2) is 0 Å². The maximum atomic E-state index is 13.4. The smallest absolute Gasteiger partial charge is 0.293 e. The van der Waals surface area contributed by atoms with Crippen molar-refractivity contribution in [3.63, 3.8) is 0 Å². The Hall–Kier alpha value is -5.49. The number of anilines is 2. The lowest BCUT2D eigenvalue weighted by Crippen LogP contribution is -2.46. The highest BCUT2D eigenvalue weighted by Gasteiger charge is 2.26. The molecule has 5 aromatic carbocycles. The predicted octanol–water partition coefficient (Wildman–Crippen LogP) is 6.76. The maximum absolute atomic E-state index is 13.4. The predicted molar refractivity (Wildman–Crippen MR) is 235 cm³/mol. The number of carbonyl (C=O) groups is 2. The van der Waals surface area contributed by atoms with Crippen molar-refractivity contribution in [2.45, 2.75) is 28.8 Å². The highest BCUT2D eigenvalue weighted by Crippen LogP contribution is 2.31. The molecule has 1 heterocycles. The number of halogens is 1. The minimum absolute atomic E-state index is 0.0570. The summed E-state index contributed by atoms with van der Waals surface area (Å²) in [6, 6.07) is 35.6. The van der Waals surface area contributed by atoms with Crippen LogP contribution in [0.15, 0.2) is 131 Å². The Labute approximate surface area is 358 Å². The number of hydrogen-bond acceptors (Lipinski definition) is 12. The van der Waals surface area contributed by atoms with E-state index in [1.54, 1.807) is 41.7 Å². The average molecular weight is 872 g/mol. The number of thioether (sulfide) groups is 1. The third kappa shape index (κ3) is 12.1. The summed E-state index contributed by atoms with van der Waals surface area (Å²) in [6.07, 6.45) is 0.457. The zero-order valence-corrected chi connectivity index (χ0v) is 35.3. The number of piperazine rings is 1. The fourth-order valence-electron chi connectivity index (χ4n) is 6.86. The van der Waals surface area contributed by atoms with Crippen LogP contribution in [-0.2, 0) is 21.4 Å². The lowest BCUT2D eigenvalue weighted by atomic mass is 9.99. The van der Waals surface area contributed by atoms with Gasteiger partial charge in [-0.15, -0.1) is 11.8 Å². The Bertz CT molecular complexity index is 2370. The highest BCUT2D eigenvalue weighted by molar-refractivity contribution is 7.99. The Morgan fingerprint density at radius 3 is 2.28 bits per heavy atom. The molecule has 0 unspecified atom stereocenters. The first-order valence-electron chi connectivity index (χ1n) is 19.2. The van der Waals surface area contributed by atoms with Gasteiger partial charge in [-0.1, -0.05) is 66.2 Å². The second kappa shape index (κ2) is 20.7. The van der Waals surface area contributed by atoms with Gasteiger partial charge in [-0.3, -0.25) is 34.7 Å². The number of hydroxylamine groups is 1. The zero-order valence-electron chi connectivity index (χ0n) is 32.9. The molecule has 17 heteroatoms. The van der Waals surface area contributed by atoms with E-state index in [9.17, 15) is 28.1 Å². The summed E-state index contributed by atoms with van der Waals surface area (Å²) in [4.78, 5) is 43.3. The van der Waals surface area contributed by atoms with Crippen LogP contribution < -0.4 is 20.4 Å². The van der Waals surface area contributed by atoms with E-state index in [0.717, 1.165) is 54.9 Å². The van der Waals surface area contributed by atoms with Crippen molar-refractivity contribution < 1.29 is 28.1 Å². The molecule has 1 aliphatic heterocycles. The summed E-state index contributed by atoms with van der Waals surface area (Å²) < 4.78 is 28.9. The van der Waals surface area contributed by atoms with E-state index in [-0.39, 0.29) is 23.8 Å². The third-order valence-corrected chi connectivity index (χ3v) is 12.8. The van der Waals surface area contributed by atoms with Gasteiger partial charge >= 0.3 is 0 Å². The molecule has 2 amide bonds. The van der Waals surface area contributed by atoms with Crippen LogP contribution >= 0.6 is 23.4 Å². The number of nitrogens with one attached hydrogen (secondary N) is 3. The molecular weight excluding hydrogens is 826 g/mol. The van der Waals surface area contributed by atoms with Gasteiger partial charge in [0.05, 0.1) is 16.4 Å². The summed E-state index contributed by atoms with van der Waals surface area (Å²) in [5.41, 5.74) is 5.74. The summed E-state index contributed by atoms with van der Waals surface area (Å²) in [7, 11) is -2.79. The molecule has 6 rings (SSSR count). The van der Waals surface area contributed by atoms with Crippen molar-refractivity contribution in [2.24, 2.45) is 0 Å².